The number of ether oxygens (including phenoxy) is 1. The first-order valence-corrected chi connectivity index (χ1v) is 5.80. The molecule has 4 atom stereocenters. The summed E-state index contributed by atoms with van der Waals surface area (Å²) in [6.07, 6.45) is -1.34. The molecule has 1 aliphatic rings. The van der Waals surface area contributed by atoms with E-state index in [2.05, 4.69) is 9.97 Å². The van der Waals surface area contributed by atoms with Crippen LogP contribution in [0.3, 0.4) is 0 Å². The maximum absolute atomic E-state index is 11.6. The lowest BCUT2D eigenvalue weighted by Gasteiger charge is -2.17. The van der Waals surface area contributed by atoms with Gasteiger partial charge >= 0.3 is 0 Å². The van der Waals surface area contributed by atoms with E-state index in [4.69, 9.17) is 9.84 Å². The van der Waals surface area contributed by atoms with Crippen molar-refractivity contribution in [2.75, 3.05) is 6.61 Å². The summed E-state index contributed by atoms with van der Waals surface area (Å²) in [5, 5.41) is 29.1. The molecule has 3 rings (SSSR count). The largest absolute Gasteiger partial charge is 0.394 e. The molecular formula is C11H13N3O5. The number of nitrogens with zero attached hydrogens (tertiary/aromatic N) is 2. The molecule has 19 heavy (non-hydrogen) atoms. The second-order valence-corrected chi connectivity index (χ2v) is 4.42. The van der Waals surface area contributed by atoms with Crippen LogP contribution < -0.4 is 5.56 Å². The summed E-state index contributed by atoms with van der Waals surface area (Å²) in [4.78, 5) is 18.0. The molecule has 8 heteroatoms. The topological polar surface area (TPSA) is 121 Å². The van der Waals surface area contributed by atoms with Crippen LogP contribution in [0.2, 0.25) is 0 Å². The molecule has 3 heterocycles. The Morgan fingerprint density at radius 3 is 2.89 bits per heavy atom. The molecule has 0 aromatic carbocycles. The third kappa shape index (κ3) is 1.77. The summed E-state index contributed by atoms with van der Waals surface area (Å²) in [7, 11) is 0. The molecule has 0 radical (unpaired) electrons. The Labute approximate surface area is 106 Å². The number of hydrogen-bond acceptors (Lipinski definition) is 6. The van der Waals surface area contributed by atoms with Gasteiger partial charge in [0.2, 0.25) is 0 Å². The summed E-state index contributed by atoms with van der Waals surface area (Å²) < 4.78 is 6.85. The predicted molar refractivity (Wildman–Crippen MR) is 63.4 cm³/mol. The molecule has 0 spiro atoms. The van der Waals surface area contributed by atoms with Crippen molar-refractivity contribution in [3.63, 3.8) is 0 Å². The van der Waals surface area contributed by atoms with Crippen LogP contribution in [0.4, 0.5) is 0 Å². The van der Waals surface area contributed by atoms with Crippen LogP contribution in [0, 0.1) is 0 Å². The molecule has 4 N–H and O–H groups in total. The summed E-state index contributed by atoms with van der Waals surface area (Å²) in [6.45, 7) is -0.401. The molecule has 0 unspecified atom stereocenters. The van der Waals surface area contributed by atoms with Crippen LogP contribution in [0.1, 0.15) is 6.23 Å². The van der Waals surface area contributed by atoms with E-state index >= 15 is 0 Å². The van der Waals surface area contributed by atoms with E-state index in [1.165, 1.54) is 10.9 Å². The highest BCUT2D eigenvalue weighted by Gasteiger charge is 2.43. The smallest absolute Gasteiger partial charge is 0.260 e. The van der Waals surface area contributed by atoms with Crippen molar-refractivity contribution in [1.82, 2.24) is 14.5 Å². The average Bonchev–Trinajstić information content (AvgIpc) is 2.94. The number of aromatic amines is 1. The van der Waals surface area contributed by atoms with Gasteiger partial charge in [-0.2, -0.15) is 0 Å². The van der Waals surface area contributed by atoms with Crippen LogP contribution >= 0.6 is 0 Å². The number of aromatic nitrogens is 3. The van der Waals surface area contributed by atoms with Gasteiger partial charge in [0.05, 0.1) is 18.3 Å². The Bertz CT molecular complexity index is 651. The molecule has 1 aliphatic heterocycles. The van der Waals surface area contributed by atoms with E-state index < -0.39 is 31.1 Å². The van der Waals surface area contributed by atoms with Gasteiger partial charge in [-0.15, -0.1) is 0 Å². The molecule has 2 aromatic heterocycles. The van der Waals surface area contributed by atoms with Crippen molar-refractivity contribution in [3.8, 4) is 0 Å². The lowest BCUT2D eigenvalue weighted by Crippen LogP contribution is -2.33. The Morgan fingerprint density at radius 2 is 2.21 bits per heavy atom. The number of nitrogens with one attached hydrogen (secondary N) is 1. The predicted octanol–water partition coefficient (Wildman–Crippen LogP) is -1.66. The van der Waals surface area contributed by atoms with Crippen molar-refractivity contribution in [2.24, 2.45) is 0 Å². The quantitative estimate of drug-likeness (QED) is 0.516. The molecule has 2 aromatic rings. The van der Waals surface area contributed by atoms with Crippen LogP contribution in [0.5, 0.6) is 0 Å². The third-order valence-corrected chi connectivity index (χ3v) is 3.31. The fourth-order valence-corrected chi connectivity index (χ4v) is 2.30. The van der Waals surface area contributed by atoms with Crippen LogP contribution in [0.25, 0.3) is 11.0 Å². The first-order chi connectivity index (χ1) is 9.13. The van der Waals surface area contributed by atoms with Gasteiger partial charge in [-0.1, -0.05) is 0 Å². The molecule has 0 amide bonds. The number of aliphatic hydroxyl groups excluding tert-OH is 3. The summed E-state index contributed by atoms with van der Waals surface area (Å²) in [6, 6.07) is 1.55. The van der Waals surface area contributed by atoms with Gasteiger partial charge in [-0.3, -0.25) is 4.79 Å². The number of aliphatic hydroxyl groups is 3. The number of H-pyrrole nitrogens is 1. The average molecular weight is 267 g/mol. The van der Waals surface area contributed by atoms with Gasteiger partial charge in [-0.05, 0) is 6.07 Å². The molecule has 102 valence electrons. The Hall–Kier alpha value is -1.74. The second kappa shape index (κ2) is 4.42. The SMILES string of the molecule is O=c1[nH]cnc2c1ccn2[C@H]1O[C@@H](CO)[C@@H](O)[C@H]1O. The van der Waals surface area contributed by atoms with Crippen molar-refractivity contribution in [2.45, 2.75) is 24.5 Å². The van der Waals surface area contributed by atoms with Gasteiger partial charge in [0.1, 0.15) is 24.0 Å². The fraction of sp³-hybridized carbons (Fsp3) is 0.455. The normalized spacial score (nSPS) is 31.1. The summed E-state index contributed by atoms with van der Waals surface area (Å²) >= 11 is 0. The zero-order chi connectivity index (χ0) is 13.6. The zero-order valence-corrected chi connectivity index (χ0v) is 9.80. The minimum atomic E-state index is -1.20. The van der Waals surface area contributed by atoms with E-state index in [1.807, 2.05) is 0 Å². The van der Waals surface area contributed by atoms with E-state index in [0.717, 1.165) is 0 Å². The molecular weight excluding hydrogens is 254 g/mol. The van der Waals surface area contributed by atoms with Crippen LogP contribution in [-0.4, -0.2) is 54.8 Å². The molecule has 1 saturated heterocycles. The highest BCUT2D eigenvalue weighted by Crippen LogP contribution is 2.31. The van der Waals surface area contributed by atoms with E-state index in [9.17, 15) is 15.0 Å². The maximum atomic E-state index is 11.6. The van der Waals surface area contributed by atoms with E-state index in [1.54, 1.807) is 12.3 Å². The van der Waals surface area contributed by atoms with Gasteiger partial charge in [0.25, 0.3) is 5.56 Å². The van der Waals surface area contributed by atoms with E-state index in [-0.39, 0.29) is 5.56 Å². The number of hydrogen-bond donors (Lipinski definition) is 4. The lowest BCUT2D eigenvalue weighted by atomic mass is 10.1. The van der Waals surface area contributed by atoms with E-state index in [0.29, 0.717) is 11.0 Å². The van der Waals surface area contributed by atoms with Crippen molar-refractivity contribution >= 4 is 11.0 Å². The molecule has 0 bridgehead atoms. The monoisotopic (exact) mass is 267 g/mol. The summed E-state index contributed by atoms with van der Waals surface area (Å²) in [5.41, 5.74) is 0.0501. The number of fused-ring (bicyclic) bond motifs is 1. The van der Waals surface area contributed by atoms with Gasteiger partial charge in [0, 0.05) is 6.20 Å². The molecule has 8 nitrogen and oxygen atoms in total. The maximum Gasteiger partial charge on any atom is 0.260 e. The van der Waals surface area contributed by atoms with Crippen molar-refractivity contribution < 1.29 is 20.1 Å². The minimum Gasteiger partial charge on any atom is -0.394 e. The fourth-order valence-electron chi connectivity index (χ4n) is 2.30. The first-order valence-electron chi connectivity index (χ1n) is 5.80. The highest BCUT2D eigenvalue weighted by atomic mass is 16.6. The Balaban J connectivity index is 2.06. The van der Waals surface area contributed by atoms with Crippen molar-refractivity contribution in [1.29, 1.82) is 0 Å². The molecule has 0 saturated carbocycles. The first kappa shape index (κ1) is 12.3. The highest BCUT2D eigenvalue weighted by molar-refractivity contribution is 5.74. The van der Waals surface area contributed by atoms with Gasteiger partial charge in [0.15, 0.2) is 6.23 Å². The standard InChI is InChI=1S/C11H13N3O5/c15-3-6-7(16)8(17)11(19-6)14-2-1-5-9(14)12-4-13-10(5)18/h1-2,4,6-8,11,15-17H,3H2,(H,12,13,18)/t6-,7+,8+,11-/m0/s1. The zero-order valence-electron chi connectivity index (χ0n) is 9.80. The van der Waals surface area contributed by atoms with Crippen LogP contribution in [0.15, 0.2) is 23.4 Å². The second-order valence-electron chi connectivity index (χ2n) is 4.42. The van der Waals surface area contributed by atoms with Gasteiger partial charge < -0.3 is 29.6 Å². The Kier molecular flexibility index (Phi) is 2.86. The Morgan fingerprint density at radius 1 is 1.42 bits per heavy atom. The minimum absolute atomic E-state index is 0.296. The summed E-state index contributed by atoms with van der Waals surface area (Å²) in [5.74, 6) is 0. The van der Waals surface area contributed by atoms with Gasteiger partial charge in [-0.25, -0.2) is 4.98 Å². The number of rotatable bonds is 2. The molecule has 0 aliphatic carbocycles. The lowest BCUT2D eigenvalue weighted by molar-refractivity contribution is -0.0508. The van der Waals surface area contributed by atoms with Crippen LogP contribution in [-0.2, 0) is 4.74 Å². The third-order valence-electron chi connectivity index (χ3n) is 3.31. The van der Waals surface area contributed by atoms with Crippen molar-refractivity contribution in [3.05, 3.63) is 28.9 Å². The molecule has 1 fully saturated rings.